The number of aromatic amines is 1. The van der Waals surface area contributed by atoms with Crippen molar-refractivity contribution in [1.82, 2.24) is 19.7 Å². The summed E-state index contributed by atoms with van der Waals surface area (Å²) in [6.45, 7) is 3.92. The van der Waals surface area contributed by atoms with Gasteiger partial charge in [0, 0.05) is 18.8 Å². The third kappa shape index (κ3) is 2.87. The molecule has 0 saturated heterocycles. The van der Waals surface area contributed by atoms with Crippen LogP contribution in [0, 0.1) is 6.92 Å². The van der Waals surface area contributed by atoms with Crippen LogP contribution in [0.4, 0.5) is 0 Å². The van der Waals surface area contributed by atoms with E-state index in [2.05, 4.69) is 15.1 Å². The smallest absolute Gasteiger partial charge is 0.337 e. The molecule has 8 heteroatoms. The van der Waals surface area contributed by atoms with Gasteiger partial charge >= 0.3 is 5.63 Å². The van der Waals surface area contributed by atoms with Crippen LogP contribution < -0.4 is 15.9 Å². The zero-order valence-electron chi connectivity index (χ0n) is 13.0. The molecule has 0 bridgehead atoms. The highest BCUT2D eigenvalue weighted by atomic mass is 16.5. The van der Waals surface area contributed by atoms with Crippen molar-refractivity contribution in [3.8, 4) is 6.01 Å². The summed E-state index contributed by atoms with van der Waals surface area (Å²) in [5.74, 6) is 0. The Labute approximate surface area is 130 Å². The van der Waals surface area contributed by atoms with Crippen LogP contribution in [0.1, 0.15) is 23.9 Å². The third-order valence-corrected chi connectivity index (χ3v) is 3.58. The van der Waals surface area contributed by atoms with E-state index in [1.807, 2.05) is 27.0 Å². The number of ether oxygens (including phenoxy) is 1. The Morgan fingerprint density at radius 1 is 1.35 bits per heavy atom. The number of hydrogen-bond donors (Lipinski definition) is 1. The first-order chi connectivity index (χ1) is 11.0. The lowest BCUT2D eigenvalue weighted by atomic mass is 10.1. The molecule has 0 aromatic carbocycles. The second-order valence-corrected chi connectivity index (χ2v) is 5.18. The molecule has 3 aromatic rings. The summed E-state index contributed by atoms with van der Waals surface area (Å²) in [5, 5.41) is 4.52. The number of aryl methyl sites for hydroxylation is 3. The van der Waals surface area contributed by atoms with Gasteiger partial charge < -0.3 is 9.15 Å². The van der Waals surface area contributed by atoms with E-state index < -0.39 is 11.2 Å². The summed E-state index contributed by atoms with van der Waals surface area (Å²) < 4.78 is 12.2. The van der Waals surface area contributed by atoms with Crippen molar-refractivity contribution in [2.75, 3.05) is 0 Å². The van der Waals surface area contributed by atoms with E-state index in [-0.39, 0.29) is 23.7 Å². The lowest BCUT2D eigenvalue weighted by molar-refractivity contribution is 0.274. The Morgan fingerprint density at radius 3 is 2.78 bits per heavy atom. The summed E-state index contributed by atoms with van der Waals surface area (Å²) >= 11 is 0. The Bertz CT molecular complexity index is 964. The molecule has 3 rings (SSSR count). The Hall–Kier alpha value is -2.90. The summed E-state index contributed by atoms with van der Waals surface area (Å²) in [7, 11) is 1.83. The summed E-state index contributed by atoms with van der Waals surface area (Å²) in [6, 6.07) is 3.16. The van der Waals surface area contributed by atoms with Gasteiger partial charge in [-0.1, -0.05) is 6.92 Å². The average Bonchev–Trinajstić information content (AvgIpc) is 2.82. The van der Waals surface area contributed by atoms with Crippen molar-refractivity contribution in [2.45, 2.75) is 26.9 Å². The highest BCUT2D eigenvalue weighted by Crippen LogP contribution is 2.14. The molecule has 1 N–H and O–H groups in total. The van der Waals surface area contributed by atoms with E-state index in [0.29, 0.717) is 17.7 Å². The minimum Gasteiger partial charge on any atom is -0.458 e. The molecule has 23 heavy (non-hydrogen) atoms. The van der Waals surface area contributed by atoms with Crippen LogP contribution in [-0.2, 0) is 20.1 Å². The molecule has 0 atom stereocenters. The van der Waals surface area contributed by atoms with Crippen LogP contribution in [0.3, 0.4) is 0 Å². The van der Waals surface area contributed by atoms with Crippen LogP contribution >= 0.6 is 0 Å². The third-order valence-electron chi connectivity index (χ3n) is 3.58. The van der Waals surface area contributed by atoms with Crippen molar-refractivity contribution >= 4 is 11.1 Å². The first kappa shape index (κ1) is 15.0. The second kappa shape index (κ2) is 5.71. The standard InChI is InChI=1S/C15H16N4O4/c1-4-9-6-11(20)23-14-12(9)13(21)16-15(17-14)22-7-10-5-8(2)19(3)18-10/h5-6H,4,7H2,1-3H3,(H,16,17,21). The fraction of sp³-hybridized carbons (Fsp3) is 0.333. The van der Waals surface area contributed by atoms with Gasteiger partial charge in [-0.05, 0) is 25.0 Å². The summed E-state index contributed by atoms with van der Waals surface area (Å²) in [4.78, 5) is 30.4. The van der Waals surface area contributed by atoms with Crippen molar-refractivity contribution in [2.24, 2.45) is 7.05 Å². The Morgan fingerprint density at radius 2 is 2.13 bits per heavy atom. The molecule has 0 saturated carbocycles. The molecule has 0 spiro atoms. The fourth-order valence-electron chi connectivity index (χ4n) is 2.32. The number of nitrogens with zero attached hydrogens (tertiary/aromatic N) is 3. The second-order valence-electron chi connectivity index (χ2n) is 5.18. The summed E-state index contributed by atoms with van der Waals surface area (Å²) in [5.41, 5.74) is 1.32. The van der Waals surface area contributed by atoms with Gasteiger partial charge in [-0.15, -0.1) is 0 Å². The molecule has 0 unspecified atom stereocenters. The van der Waals surface area contributed by atoms with Gasteiger partial charge in [0.15, 0.2) is 0 Å². The normalized spacial score (nSPS) is 11.1. The monoisotopic (exact) mass is 316 g/mol. The predicted octanol–water partition coefficient (Wildman–Crippen LogP) is 1.06. The fourth-order valence-corrected chi connectivity index (χ4v) is 2.32. The van der Waals surface area contributed by atoms with Crippen molar-refractivity contribution < 1.29 is 9.15 Å². The van der Waals surface area contributed by atoms with Crippen LogP contribution in [-0.4, -0.2) is 19.7 Å². The maximum atomic E-state index is 12.2. The van der Waals surface area contributed by atoms with Gasteiger partial charge in [-0.2, -0.15) is 10.1 Å². The van der Waals surface area contributed by atoms with Gasteiger partial charge in [0.05, 0.1) is 0 Å². The van der Waals surface area contributed by atoms with E-state index in [1.165, 1.54) is 6.07 Å². The van der Waals surface area contributed by atoms with Crippen molar-refractivity contribution in [3.05, 3.63) is 49.9 Å². The number of fused-ring (bicyclic) bond motifs is 1. The highest BCUT2D eigenvalue weighted by molar-refractivity contribution is 5.75. The number of H-pyrrole nitrogens is 1. The number of nitrogens with one attached hydrogen (secondary N) is 1. The molecule has 0 aliphatic heterocycles. The largest absolute Gasteiger partial charge is 0.458 e. The van der Waals surface area contributed by atoms with Gasteiger partial charge in [0.25, 0.3) is 11.6 Å². The predicted molar refractivity (Wildman–Crippen MR) is 82.6 cm³/mol. The minimum atomic E-state index is -0.543. The zero-order chi connectivity index (χ0) is 16.6. The number of rotatable bonds is 4. The van der Waals surface area contributed by atoms with E-state index in [4.69, 9.17) is 9.15 Å². The summed E-state index contributed by atoms with van der Waals surface area (Å²) in [6.07, 6.45) is 0.528. The highest BCUT2D eigenvalue weighted by Gasteiger charge is 2.12. The molecule has 0 aliphatic carbocycles. The van der Waals surface area contributed by atoms with Gasteiger partial charge in [0.1, 0.15) is 17.7 Å². The van der Waals surface area contributed by atoms with Crippen molar-refractivity contribution in [1.29, 1.82) is 0 Å². The molecule has 0 amide bonds. The maximum Gasteiger partial charge on any atom is 0.337 e. The molecule has 0 fully saturated rings. The Balaban J connectivity index is 1.96. The van der Waals surface area contributed by atoms with E-state index in [1.54, 1.807) is 4.68 Å². The SMILES string of the molecule is CCc1cc(=O)oc2nc(OCc3cc(C)n(C)n3)[nH]c(=O)c12. The Kier molecular flexibility index (Phi) is 3.73. The van der Waals surface area contributed by atoms with Gasteiger partial charge in [-0.3, -0.25) is 14.5 Å². The van der Waals surface area contributed by atoms with E-state index in [9.17, 15) is 9.59 Å². The molecular weight excluding hydrogens is 300 g/mol. The molecule has 120 valence electrons. The number of hydrogen-bond acceptors (Lipinski definition) is 6. The van der Waals surface area contributed by atoms with Gasteiger partial charge in [-0.25, -0.2) is 4.79 Å². The van der Waals surface area contributed by atoms with Gasteiger partial charge in [0.2, 0.25) is 5.71 Å². The molecule has 0 aliphatic rings. The maximum absolute atomic E-state index is 12.2. The van der Waals surface area contributed by atoms with Crippen LogP contribution in [0.2, 0.25) is 0 Å². The topological polar surface area (TPSA) is 103 Å². The minimum absolute atomic E-state index is 0.0118. The first-order valence-corrected chi connectivity index (χ1v) is 7.17. The molecule has 8 nitrogen and oxygen atoms in total. The average molecular weight is 316 g/mol. The quantitative estimate of drug-likeness (QED) is 0.772. The van der Waals surface area contributed by atoms with Crippen LogP contribution in [0.15, 0.2) is 26.1 Å². The van der Waals surface area contributed by atoms with Crippen LogP contribution in [0.5, 0.6) is 6.01 Å². The first-order valence-electron chi connectivity index (χ1n) is 7.17. The van der Waals surface area contributed by atoms with E-state index >= 15 is 0 Å². The van der Waals surface area contributed by atoms with Crippen LogP contribution in [0.25, 0.3) is 11.1 Å². The lowest BCUT2D eigenvalue weighted by Crippen LogP contribution is -2.15. The molecular formula is C15H16N4O4. The molecule has 3 aromatic heterocycles. The van der Waals surface area contributed by atoms with E-state index in [0.717, 1.165) is 5.69 Å². The van der Waals surface area contributed by atoms with Crippen molar-refractivity contribution in [3.63, 3.8) is 0 Å². The molecule has 0 radical (unpaired) electrons. The number of aromatic nitrogens is 4. The molecule has 3 heterocycles. The zero-order valence-corrected chi connectivity index (χ0v) is 13.0. The lowest BCUT2D eigenvalue weighted by Gasteiger charge is -2.05.